The average Bonchev–Trinajstić information content (AvgIpc) is 2.93. The Bertz CT molecular complexity index is 783. The fourth-order valence-corrected chi connectivity index (χ4v) is 9.28. The predicted molar refractivity (Wildman–Crippen MR) is 121 cm³/mol. The van der Waals surface area contributed by atoms with Crippen molar-refractivity contribution in [2.45, 2.75) is 109 Å². The highest BCUT2D eigenvalue weighted by atomic mass is 16.7. The Labute approximate surface area is 196 Å². The van der Waals surface area contributed by atoms with E-state index >= 15 is 0 Å². The quantitative estimate of drug-likeness (QED) is 0.317. The third kappa shape index (κ3) is 3.41. The van der Waals surface area contributed by atoms with Crippen LogP contribution in [0.25, 0.3) is 0 Å². The SMILES string of the molecule is C=C1[C@H]2CC[C@@H]3[C@@]4(C)C[C@H](O[C@@H]5O[C@H](CO)[C@@H](O)[C@H](O)[C@H]5O)CC(C)(C)[C@@H]4CC[C@@]3(C2)[C@H]1O. The minimum atomic E-state index is -1.44. The van der Waals surface area contributed by atoms with Gasteiger partial charge in [-0.15, -0.1) is 0 Å². The number of hydrogen-bond acceptors (Lipinski definition) is 7. The lowest BCUT2D eigenvalue weighted by Gasteiger charge is -2.65. The summed E-state index contributed by atoms with van der Waals surface area (Å²) in [5.74, 6) is 1.33. The molecule has 5 N–H and O–H groups in total. The minimum Gasteiger partial charge on any atom is -0.394 e. The first kappa shape index (κ1) is 24.2. The van der Waals surface area contributed by atoms with Gasteiger partial charge in [0.2, 0.25) is 0 Å². The van der Waals surface area contributed by atoms with E-state index in [1.807, 2.05) is 0 Å². The summed E-state index contributed by atoms with van der Waals surface area (Å²) in [7, 11) is 0. The summed E-state index contributed by atoms with van der Waals surface area (Å²) in [6.45, 7) is 10.8. The first-order valence-electron chi connectivity index (χ1n) is 12.8. The van der Waals surface area contributed by atoms with Crippen LogP contribution in [0, 0.1) is 34.0 Å². The van der Waals surface area contributed by atoms with E-state index in [2.05, 4.69) is 27.4 Å². The van der Waals surface area contributed by atoms with Crippen LogP contribution in [-0.4, -0.2) is 75.1 Å². The van der Waals surface area contributed by atoms with E-state index in [1.165, 1.54) is 0 Å². The Balaban J connectivity index is 1.41. The van der Waals surface area contributed by atoms with Crippen molar-refractivity contribution in [1.29, 1.82) is 0 Å². The molecule has 1 heterocycles. The van der Waals surface area contributed by atoms with Crippen LogP contribution in [0.3, 0.4) is 0 Å². The molecular weight excluding hydrogens is 424 g/mol. The highest BCUT2D eigenvalue weighted by Gasteiger charge is 2.67. The molecule has 5 fully saturated rings. The maximum absolute atomic E-state index is 11.3. The molecule has 4 saturated carbocycles. The maximum Gasteiger partial charge on any atom is 0.186 e. The van der Waals surface area contributed by atoms with Crippen molar-refractivity contribution in [3.05, 3.63) is 12.2 Å². The van der Waals surface area contributed by atoms with Crippen LogP contribution in [0.5, 0.6) is 0 Å². The van der Waals surface area contributed by atoms with E-state index in [0.717, 1.165) is 50.5 Å². The van der Waals surface area contributed by atoms with Crippen LogP contribution < -0.4 is 0 Å². The molecule has 5 aliphatic rings. The second-order valence-corrected chi connectivity index (χ2v) is 12.7. The van der Waals surface area contributed by atoms with Gasteiger partial charge >= 0.3 is 0 Å². The molecule has 188 valence electrons. The zero-order valence-corrected chi connectivity index (χ0v) is 20.2. The van der Waals surface area contributed by atoms with Crippen LogP contribution in [0.1, 0.15) is 65.7 Å². The lowest BCUT2D eigenvalue weighted by Crippen LogP contribution is -2.62. The summed E-state index contributed by atoms with van der Waals surface area (Å²) in [5, 5.41) is 51.7. The predicted octanol–water partition coefficient (Wildman–Crippen LogP) is 1.74. The first-order valence-corrected chi connectivity index (χ1v) is 12.8. The number of aliphatic hydroxyl groups excluding tert-OH is 5. The molecule has 0 amide bonds. The molecule has 1 spiro atoms. The molecule has 0 aromatic heterocycles. The van der Waals surface area contributed by atoms with Gasteiger partial charge in [-0.3, -0.25) is 0 Å². The third-order valence-corrected chi connectivity index (χ3v) is 10.6. The normalized spacial score (nSPS) is 55.7. The molecule has 33 heavy (non-hydrogen) atoms. The fraction of sp³-hybridized carbons (Fsp3) is 0.923. The van der Waals surface area contributed by atoms with Crippen LogP contribution in [0.15, 0.2) is 12.2 Å². The molecule has 4 aliphatic carbocycles. The highest BCUT2D eigenvalue weighted by Crippen LogP contribution is 2.72. The van der Waals surface area contributed by atoms with Crippen LogP contribution in [0.4, 0.5) is 0 Å². The van der Waals surface area contributed by atoms with Gasteiger partial charge in [0, 0.05) is 5.41 Å². The Morgan fingerprint density at radius 1 is 0.939 bits per heavy atom. The molecule has 2 bridgehead atoms. The summed E-state index contributed by atoms with van der Waals surface area (Å²) in [6.07, 6.45) is 0.0520. The largest absolute Gasteiger partial charge is 0.394 e. The molecule has 0 aromatic rings. The second-order valence-electron chi connectivity index (χ2n) is 12.7. The number of fused-ring (bicyclic) bond motifs is 3. The van der Waals surface area contributed by atoms with E-state index in [-0.39, 0.29) is 22.3 Å². The lowest BCUT2D eigenvalue weighted by atomic mass is 9.40. The van der Waals surface area contributed by atoms with Gasteiger partial charge in [-0.05, 0) is 79.1 Å². The van der Waals surface area contributed by atoms with Gasteiger partial charge in [0.05, 0.1) is 18.8 Å². The molecule has 1 saturated heterocycles. The highest BCUT2D eigenvalue weighted by molar-refractivity contribution is 5.27. The van der Waals surface area contributed by atoms with E-state index in [1.54, 1.807) is 0 Å². The minimum absolute atomic E-state index is 0.00478. The molecule has 7 heteroatoms. The topological polar surface area (TPSA) is 120 Å². The van der Waals surface area contributed by atoms with Gasteiger partial charge in [0.15, 0.2) is 6.29 Å². The third-order valence-electron chi connectivity index (χ3n) is 10.6. The van der Waals surface area contributed by atoms with E-state index in [0.29, 0.717) is 17.8 Å². The molecule has 0 aromatic carbocycles. The number of hydrogen-bond donors (Lipinski definition) is 5. The van der Waals surface area contributed by atoms with Crippen LogP contribution >= 0.6 is 0 Å². The van der Waals surface area contributed by atoms with E-state index in [4.69, 9.17) is 9.47 Å². The second kappa shape index (κ2) is 7.99. The van der Waals surface area contributed by atoms with Gasteiger partial charge in [-0.2, -0.15) is 0 Å². The molecule has 0 unspecified atom stereocenters. The zero-order valence-electron chi connectivity index (χ0n) is 20.2. The number of aliphatic hydroxyl groups is 5. The van der Waals surface area contributed by atoms with Crippen molar-refractivity contribution >= 4 is 0 Å². The number of rotatable bonds is 3. The summed E-state index contributed by atoms with van der Waals surface area (Å²) < 4.78 is 12.0. The maximum atomic E-state index is 11.3. The molecule has 1 aliphatic heterocycles. The Morgan fingerprint density at radius 3 is 2.36 bits per heavy atom. The van der Waals surface area contributed by atoms with Gasteiger partial charge in [-0.1, -0.05) is 27.4 Å². The van der Waals surface area contributed by atoms with Crippen molar-refractivity contribution in [2.75, 3.05) is 6.61 Å². The van der Waals surface area contributed by atoms with E-state index < -0.39 is 43.4 Å². The van der Waals surface area contributed by atoms with Crippen molar-refractivity contribution in [1.82, 2.24) is 0 Å². The van der Waals surface area contributed by atoms with Crippen molar-refractivity contribution in [3.8, 4) is 0 Å². The van der Waals surface area contributed by atoms with Crippen molar-refractivity contribution < 1.29 is 35.0 Å². The first-order chi connectivity index (χ1) is 15.4. The average molecular weight is 467 g/mol. The summed E-state index contributed by atoms with van der Waals surface area (Å²) in [4.78, 5) is 0. The molecule has 7 nitrogen and oxygen atoms in total. The lowest BCUT2D eigenvalue weighted by molar-refractivity contribution is -0.322. The molecular formula is C26H42O7. The molecule has 0 radical (unpaired) electrons. The van der Waals surface area contributed by atoms with Gasteiger partial charge in [0.1, 0.15) is 24.4 Å². The standard InChI is InChI=1S/C26H42O7/c1-13-14-5-6-18-25(4)11-15(32-23-21(30)20(29)19(28)16(12-27)33-23)10-24(2,3)17(25)7-8-26(18,9-14)22(13)31/h14-23,27-31H,1,5-12H2,2-4H3/t14-,15+,16+,17-,18+,19+,20-,21+,22-,23+,25-,26-/m0/s1. The Morgan fingerprint density at radius 2 is 1.67 bits per heavy atom. The Kier molecular flexibility index (Phi) is 5.85. The van der Waals surface area contributed by atoms with Crippen molar-refractivity contribution in [3.63, 3.8) is 0 Å². The van der Waals surface area contributed by atoms with Crippen LogP contribution in [0.2, 0.25) is 0 Å². The number of ether oxygens (including phenoxy) is 2. The Hall–Kier alpha value is -0.540. The summed E-state index contributed by atoms with van der Waals surface area (Å²) in [5.41, 5.74) is 0.913. The van der Waals surface area contributed by atoms with Crippen LogP contribution in [-0.2, 0) is 9.47 Å². The van der Waals surface area contributed by atoms with E-state index in [9.17, 15) is 25.5 Å². The smallest absolute Gasteiger partial charge is 0.186 e. The van der Waals surface area contributed by atoms with Gasteiger partial charge in [0.25, 0.3) is 0 Å². The molecule has 12 atom stereocenters. The summed E-state index contributed by atoms with van der Waals surface area (Å²) >= 11 is 0. The summed E-state index contributed by atoms with van der Waals surface area (Å²) in [6, 6.07) is 0. The fourth-order valence-electron chi connectivity index (χ4n) is 9.28. The van der Waals surface area contributed by atoms with Gasteiger partial charge in [-0.25, -0.2) is 0 Å². The molecule has 5 rings (SSSR count). The van der Waals surface area contributed by atoms with Crippen molar-refractivity contribution in [2.24, 2.45) is 34.0 Å². The zero-order chi connectivity index (χ0) is 23.9. The monoisotopic (exact) mass is 466 g/mol. The van der Waals surface area contributed by atoms with Gasteiger partial charge < -0.3 is 35.0 Å².